The number of rotatable bonds is 8. The second kappa shape index (κ2) is 10.3. The zero-order chi connectivity index (χ0) is 23.2. The van der Waals surface area contributed by atoms with Crippen LogP contribution in [0.5, 0.6) is 0 Å². The monoisotopic (exact) mass is 465 g/mol. The molecular weight excluding hydrogens is 444 g/mol. The first-order chi connectivity index (χ1) is 16.0. The molecule has 3 aromatic carbocycles. The maximum Gasteiger partial charge on any atom is 0.251 e. The third-order valence-electron chi connectivity index (χ3n) is 4.99. The number of hydrogen-bond donors (Lipinski definition) is 2. The largest absolute Gasteiger partial charge is 0.350 e. The van der Waals surface area contributed by atoms with Gasteiger partial charge in [-0.05, 0) is 30.3 Å². The van der Waals surface area contributed by atoms with Gasteiger partial charge < -0.3 is 15.2 Å². The van der Waals surface area contributed by atoms with Crippen molar-refractivity contribution in [1.29, 1.82) is 0 Å². The van der Waals surface area contributed by atoms with Gasteiger partial charge in [-0.25, -0.2) is 8.78 Å². The summed E-state index contributed by atoms with van der Waals surface area (Å²) in [7, 11) is 0. The van der Waals surface area contributed by atoms with E-state index >= 15 is 0 Å². The van der Waals surface area contributed by atoms with E-state index in [-0.39, 0.29) is 17.3 Å². The highest BCUT2D eigenvalue weighted by Gasteiger charge is 2.13. The summed E-state index contributed by atoms with van der Waals surface area (Å²) in [6.07, 6.45) is 1.94. The summed E-state index contributed by atoms with van der Waals surface area (Å²) < 4.78 is 28.8. The lowest BCUT2D eigenvalue weighted by atomic mass is 10.2. The molecule has 0 fully saturated rings. The van der Waals surface area contributed by atoms with Gasteiger partial charge in [-0.3, -0.25) is 9.59 Å². The molecule has 5 nitrogen and oxygen atoms in total. The minimum absolute atomic E-state index is 0.0569. The molecule has 0 aliphatic rings. The third kappa shape index (κ3) is 5.59. The molecule has 0 atom stereocenters. The molecule has 1 heterocycles. The lowest BCUT2D eigenvalue weighted by Crippen LogP contribution is -2.26. The number of nitrogens with zero attached hydrogens (tertiary/aromatic N) is 1. The highest BCUT2D eigenvalue weighted by Crippen LogP contribution is 2.30. The van der Waals surface area contributed by atoms with Crippen LogP contribution in [0, 0.1) is 11.6 Å². The van der Waals surface area contributed by atoms with Gasteiger partial charge in [0.1, 0.15) is 11.6 Å². The van der Waals surface area contributed by atoms with Crippen LogP contribution < -0.4 is 10.6 Å². The molecule has 0 saturated carbocycles. The average Bonchev–Trinajstić information content (AvgIpc) is 3.18. The van der Waals surface area contributed by atoms with E-state index in [1.807, 2.05) is 53.2 Å². The summed E-state index contributed by atoms with van der Waals surface area (Å²) in [6.45, 7) is 1.01. The number of halogens is 2. The number of anilines is 1. The zero-order valence-corrected chi connectivity index (χ0v) is 18.4. The Morgan fingerprint density at radius 1 is 0.939 bits per heavy atom. The fraction of sp³-hybridized carbons (Fsp3) is 0.120. The Kier molecular flexibility index (Phi) is 7.04. The maximum absolute atomic E-state index is 13.8. The summed E-state index contributed by atoms with van der Waals surface area (Å²) in [6, 6.07) is 19.8. The molecule has 1 aromatic heterocycles. The fourth-order valence-electron chi connectivity index (χ4n) is 3.42. The summed E-state index contributed by atoms with van der Waals surface area (Å²) in [4.78, 5) is 25.5. The Morgan fingerprint density at radius 2 is 1.70 bits per heavy atom. The van der Waals surface area contributed by atoms with E-state index in [0.29, 0.717) is 18.7 Å². The topological polar surface area (TPSA) is 63.1 Å². The number of hydrogen-bond acceptors (Lipinski definition) is 3. The number of fused-ring (bicyclic) bond motifs is 1. The van der Waals surface area contributed by atoms with E-state index in [4.69, 9.17) is 0 Å². The van der Waals surface area contributed by atoms with Crippen molar-refractivity contribution in [3.63, 3.8) is 0 Å². The SMILES string of the molecule is O=C(CSc1cn(CCNC(=O)c2ccccc2)c2ccccc12)Nc1ccc(F)cc1F. The van der Waals surface area contributed by atoms with Crippen molar-refractivity contribution >= 4 is 40.2 Å². The number of amides is 2. The van der Waals surface area contributed by atoms with Crippen LogP contribution in [0.2, 0.25) is 0 Å². The van der Waals surface area contributed by atoms with Crippen LogP contribution in [0.1, 0.15) is 10.4 Å². The van der Waals surface area contributed by atoms with E-state index in [0.717, 1.165) is 27.9 Å². The van der Waals surface area contributed by atoms with Crippen molar-refractivity contribution in [2.75, 3.05) is 17.6 Å². The molecule has 2 amide bonds. The molecule has 4 rings (SSSR count). The van der Waals surface area contributed by atoms with Gasteiger partial charge in [0, 0.05) is 46.7 Å². The van der Waals surface area contributed by atoms with Crippen molar-refractivity contribution in [2.24, 2.45) is 0 Å². The van der Waals surface area contributed by atoms with Gasteiger partial charge in [0.2, 0.25) is 5.91 Å². The molecule has 33 heavy (non-hydrogen) atoms. The maximum atomic E-state index is 13.8. The number of thioether (sulfide) groups is 1. The predicted molar refractivity (Wildman–Crippen MR) is 126 cm³/mol. The number of para-hydroxylation sites is 1. The van der Waals surface area contributed by atoms with Crippen molar-refractivity contribution in [2.45, 2.75) is 11.4 Å². The van der Waals surface area contributed by atoms with Crippen molar-refractivity contribution in [1.82, 2.24) is 9.88 Å². The second-order valence-electron chi connectivity index (χ2n) is 7.29. The Bertz CT molecular complexity index is 1290. The van der Waals surface area contributed by atoms with Crippen LogP contribution in [-0.2, 0) is 11.3 Å². The average molecular weight is 466 g/mol. The molecule has 0 bridgehead atoms. The molecule has 168 valence electrons. The third-order valence-corrected chi connectivity index (χ3v) is 6.03. The number of carbonyl (C=O) groups excluding carboxylic acids is 2. The standard InChI is InChI=1S/C25H21F2N3O2S/c26-18-10-11-21(20(27)14-18)29-24(31)16-33-23-15-30(22-9-5-4-8-19(22)23)13-12-28-25(32)17-6-2-1-3-7-17/h1-11,14-15H,12-13,16H2,(H,28,32)(H,29,31). The Hall–Kier alpha value is -3.65. The molecule has 4 aromatic rings. The highest BCUT2D eigenvalue weighted by atomic mass is 32.2. The molecule has 0 radical (unpaired) electrons. The van der Waals surface area contributed by atoms with Crippen LogP contribution in [-0.4, -0.2) is 28.7 Å². The first-order valence-electron chi connectivity index (χ1n) is 10.3. The van der Waals surface area contributed by atoms with Gasteiger partial charge in [-0.15, -0.1) is 11.8 Å². The Labute approximate surface area is 193 Å². The molecular formula is C25H21F2N3O2S. The fourth-order valence-corrected chi connectivity index (χ4v) is 4.30. The van der Waals surface area contributed by atoms with Gasteiger partial charge in [-0.2, -0.15) is 0 Å². The van der Waals surface area contributed by atoms with Gasteiger partial charge >= 0.3 is 0 Å². The molecule has 0 aliphatic carbocycles. The minimum Gasteiger partial charge on any atom is -0.350 e. The van der Waals surface area contributed by atoms with Crippen molar-refractivity contribution in [3.8, 4) is 0 Å². The van der Waals surface area contributed by atoms with E-state index in [1.165, 1.54) is 17.8 Å². The Balaban J connectivity index is 1.39. The van der Waals surface area contributed by atoms with Gasteiger partial charge in [0.25, 0.3) is 5.91 Å². The van der Waals surface area contributed by atoms with E-state index in [2.05, 4.69) is 10.6 Å². The number of carbonyl (C=O) groups is 2. The lowest BCUT2D eigenvalue weighted by molar-refractivity contribution is -0.113. The number of benzene rings is 3. The van der Waals surface area contributed by atoms with Crippen LogP contribution in [0.4, 0.5) is 14.5 Å². The number of nitrogens with one attached hydrogen (secondary N) is 2. The van der Waals surface area contributed by atoms with Crippen LogP contribution >= 0.6 is 11.8 Å². The van der Waals surface area contributed by atoms with Gasteiger partial charge in [-0.1, -0.05) is 36.4 Å². The molecule has 8 heteroatoms. The molecule has 0 aliphatic heterocycles. The predicted octanol–water partition coefficient (Wildman–Crippen LogP) is 5.08. The molecule has 2 N–H and O–H groups in total. The van der Waals surface area contributed by atoms with Gasteiger partial charge in [0.05, 0.1) is 11.4 Å². The van der Waals surface area contributed by atoms with E-state index in [9.17, 15) is 18.4 Å². The molecule has 0 unspecified atom stereocenters. The van der Waals surface area contributed by atoms with E-state index in [1.54, 1.807) is 12.1 Å². The normalized spacial score (nSPS) is 10.8. The van der Waals surface area contributed by atoms with Crippen molar-refractivity contribution in [3.05, 3.63) is 96.2 Å². The van der Waals surface area contributed by atoms with Crippen LogP contribution in [0.3, 0.4) is 0 Å². The van der Waals surface area contributed by atoms with Crippen LogP contribution in [0.25, 0.3) is 10.9 Å². The van der Waals surface area contributed by atoms with Crippen molar-refractivity contribution < 1.29 is 18.4 Å². The minimum atomic E-state index is -0.817. The highest BCUT2D eigenvalue weighted by molar-refractivity contribution is 8.00. The summed E-state index contributed by atoms with van der Waals surface area (Å²) in [5, 5.41) is 6.37. The summed E-state index contributed by atoms with van der Waals surface area (Å²) in [5.74, 6) is -1.98. The first kappa shape index (κ1) is 22.5. The molecule has 0 saturated heterocycles. The summed E-state index contributed by atoms with van der Waals surface area (Å²) in [5.41, 5.74) is 1.53. The zero-order valence-electron chi connectivity index (χ0n) is 17.6. The first-order valence-corrected chi connectivity index (χ1v) is 11.3. The van der Waals surface area contributed by atoms with Crippen LogP contribution in [0.15, 0.2) is 83.9 Å². The molecule has 0 spiro atoms. The number of aromatic nitrogens is 1. The second-order valence-corrected chi connectivity index (χ2v) is 8.30. The lowest BCUT2D eigenvalue weighted by Gasteiger charge is -2.07. The van der Waals surface area contributed by atoms with E-state index < -0.39 is 17.5 Å². The smallest absolute Gasteiger partial charge is 0.251 e. The van der Waals surface area contributed by atoms with Gasteiger partial charge in [0.15, 0.2) is 0 Å². The Morgan fingerprint density at radius 3 is 2.48 bits per heavy atom. The quantitative estimate of drug-likeness (QED) is 0.357. The summed E-state index contributed by atoms with van der Waals surface area (Å²) >= 11 is 1.33.